The van der Waals surface area contributed by atoms with Crippen LogP contribution in [0.15, 0.2) is 103 Å². The Hall–Kier alpha value is -6.09. The third-order valence-electron chi connectivity index (χ3n) is 8.82. The minimum atomic E-state index is -1.03. The van der Waals surface area contributed by atoms with Gasteiger partial charge >= 0.3 is 11.9 Å². The van der Waals surface area contributed by atoms with Crippen molar-refractivity contribution in [1.82, 2.24) is 18.5 Å². The van der Waals surface area contributed by atoms with E-state index in [1.54, 1.807) is 30.3 Å². The molecule has 3 heterocycles. The van der Waals surface area contributed by atoms with Gasteiger partial charge in [-0.3, -0.25) is 19.4 Å². The zero-order chi connectivity index (χ0) is 37.4. The highest BCUT2D eigenvalue weighted by atomic mass is 32.1. The molecule has 2 N–H and O–H groups in total. The molecule has 0 aliphatic carbocycles. The number of amides is 2. The molecule has 1 aliphatic heterocycles. The zero-order valence-electron chi connectivity index (χ0n) is 28.2. The van der Waals surface area contributed by atoms with Crippen molar-refractivity contribution >= 4 is 98.3 Å². The Kier molecular flexibility index (Phi) is 9.66. The fraction of sp³-hybridized carbons (Fsp3) is 0.103. The van der Waals surface area contributed by atoms with E-state index < -0.39 is 23.8 Å². The quantitative estimate of drug-likeness (QED) is 0.0795. The Bertz CT molecular complexity index is 2370. The van der Waals surface area contributed by atoms with E-state index in [-0.39, 0.29) is 21.8 Å². The van der Waals surface area contributed by atoms with Gasteiger partial charge in [-0.15, -0.1) is 11.3 Å². The van der Waals surface area contributed by atoms with Gasteiger partial charge < -0.3 is 15.1 Å². The Morgan fingerprint density at radius 1 is 0.698 bits per heavy atom. The number of hydrogen-bond donors (Lipinski definition) is 2. The SMILES string of the molecule is CCN1C(=O)C(=Cc2ccc(-c3ccc(-c4ccc(N(c5ccc(C(=O)O)cc5)c5ccc(C(=O)O)cc5)cc4)c4nsnc34)s2)C(=O)N(CC)C1=S. The molecule has 264 valence electrons. The molecule has 11 nitrogen and oxygen atoms in total. The number of aromatic carboxylic acids is 2. The van der Waals surface area contributed by atoms with Crippen molar-refractivity contribution in [2.75, 3.05) is 18.0 Å². The Morgan fingerprint density at radius 2 is 1.17 bits per heavy atom. The summed E-state index contributed by atoms with van der Waals surface area (Å²) in [5, 5.41) is 19.1. The molecule has 0 saturated carbocycles. The van der Waals surface area contributed by atoms with Crippen molar-refractivity contribution in [3.05, 3.63) is 119 Å². The molecular weight excluding hydrogens is 731 g/mol. The van der Waals surface area contributed by atoms with Crippen LogP contribution in [0.3, 0.4) is 0 Å². The average molecular weight is 760 g/mol. The van der Waals surface area contributed by atoms with Gasteiger partial charge in [-0.2, -0.15) is 8.75 Å². The first-order valence-corrected chi connectivity index (χ1v) is 18.4. The predicted octanol–water partition coefficient (Wildman–Crippen LogP) is 8.33. The van der Waals surface area contributed by atoms with E-state index in [1.165, 1.54) is 45.4 Å². The summed E-state index contributed by atoms with van der Waals surface area (Å²) in [5.41, 5.74) is 6.61. The third kappa shape index (κ3) is 6.59. The summed E-state index contributed by atoms with van der Waals surface area (Å²) in [4.78, 5) is 55.8. The number of carboxylic acid groups (broad SMARTS) is 2. The third-order valence-corrected chi connectivity index (χ3v) is 10.9. The Morgan fingerprint density at radius 3 is 1.66 bits per heavy atom. The Balaban J connectivity index is 1.21. The molecule has 0 spiro atoms. The van der Waals surface area contributed by atoms with Gasteiger partial charge in [0.15, 0.2) is 5.11 Å². The van der Waals surface area contributed by atoms with Gasteiger partial charge in [-0.05, 0) is 111 Å². The maximum atomic E-state index is 13.2. The fourth-order valence-corrected chi connectivity index (χ4v) is 8.12. The maximum Gasteiger partial charge on any atom is 0.335 e. The zero-order valence-corrected chi connectivity index (χ0v) is 30.7. The van der Waals surface area contributed by atoms with E-state index in [0.717, 1.165) is 54.9 Å². The summed E-state index contributed by atoms with van der Waals surface area (Å²) in [6.07, 6.45) is 1.63. The lowest BCUT2D eigenvalue weighted by Gasteiger charge is -2.35. The second kappa shape index (κ2) is 14.5. The van der Waals surface area contributed by atoms with E-state index in [2.05, 4.69) is 8.75 Å². The number of likely N-dealkylation sites (N-methyl/N-ethyl adjacent to an activating group) is 2. The second-order valence-corrected chi connectivity index (χ2v) is 13.9. The predicted molar refractivity (Wildman–Crippen MR) is 210 cm³/mol. The van der Waals surface area contributed by atoms with E-state index in [1.807, 2.05) is 67.3 Å². The molecule has 7 rings (SSSR count). The number of nitrogens with zero attached hydrogens (tertiary/aromatic N) is 5. The van der Waals surface area contributed by atoms with E-state index in [4.69, 9.17) is 12.2 Å². The second-order valence-electron chi connectivity index (χ2n) is 11.8. The maximum absolute atomic E-state index is 13.2. The van der Waals surface area contributed by atoms with Crippen LogP contribution in [-0.4, -0.2) is 70.7 Å². The number of fused-ring (bicyclic) bond motifs is 1. The number of carbonyl (C=O) groups is 4. The molecule has 0 bridgehead atoms. The first kappa shape index (κ1) is 35.3. The van der Waals surface area contributed by atoms with Crippen LogP contribution in [0.2, 0.25) is 0 Å². The topological polar surface area (TPSA) is 144 Å². The number of hydrogen-bond acceptors (Lipinski definition) is 10. The number of thiocarbonyl (C=S) groups is 1. The van der Waals surface area contributed by atoms with Crippen molar-refractivity contribution in [2.24, 2.45) is 0 Å². The molecule has 0 radical (unpaired) electrons. The number of carbonyl (C=O) groups excluding carboxylic acids is 2. The lowest BCUT2D eigenvalue weighted by atomic mass is 10.00. The van der Waals surface area contributed by atoms with Crippen LogP contribution in [0, 0.1) is 0 Å². The van der Waals surface area contributed by atoms with Crippen LogP contribution in [0.1, 0.15) is 39.4 Å². The van der Waals surface area contributed by atoms with Crippen molar-refractivity contribution in [1.29, 1.82) is 0 Å². The Labute approximate surface area is 317 Å². The van der Waals surface area contributed by atoms with E-state index in [9.17, 15) is 29.4 Å². The minimum Gasteiger partial charge on any atom is -0.478 e. The molecular formula is C39H29N5O6S3. The normalized spacial score (nSPS) is 13.2. The van der Waals surface area contributed by atoms with Crippen molar-refractivity contribution in [3.63, 3.8) is 0 Å². The van der Waals surface area contributed by atoms with Crippen molar-refractivity contribution in [3.8, 4) is 21.6 Å². The van der Waals surface area contributed by atoms with Crippen LogP contribution < -0.4 is 4.90 Å². The van der Waals surface area contributed by atoms with Gasteiger partial charge in [0, 0.05) is 51.0 Å². The van der Waals surface area contributed by atoms with Crippen LogP contribution in [0.25, 0.3) is 38.7 Å². The van der Waals surface area contributed by atoms with Gasteiger partial charge in [0.25, 0.3) is 11.8 Å². The van der Waals surface area contributed by atoms with E-state index >= 15 is 0 Å². The van der Waals surface area contributed by atoms with Crippen molar-refractivity contribution in [2.45, 2.75) is 13.8 Å². The molecule has 0 unspecified atom stereocenters. The number of carboxylic acids is 2. The summed E-state index contributed by atoms with van der Waals surface area (Å²) >= 11 is 7.94. The summed E-state index contributed by atoms with van der Waals surface area (Å²) in [7, 11) is 0. The van der Waals surface area contributed by atoms with Crippen molar-refractivity contribution < 1.29 is 29.4 Å². The number of rotatable bonds is 10. The summed E-state index contributed by atoms with van der Waals surface area (Å²) in [5.74, 6) is -2.87. The molecule has 2 aromatic heterocycles. The lowest BCUT2D eigenvalue weighted by Crippen LogP contribution is -2.55. The van der Waals surface area contributed by atoms with E-state index in [0.29, 0.717) is 24.5 Å². The molecule has 1 saturated heterocycles. The molecule has 0 atom stereocenters. The van der Waals surface area contributed by atoms with Gasteiger partial charge in [0.05, 0.1) is 22.9 Å². The van der Waals surface area contributed by atoms with Crippen LogP contribution in [0.5, 0.6) is 0 Å². The van der Waals surface area contributed by atoms with Crippen LogP contribution >= 0.6 is 35.3 Å². The molecule has 4 aromatic carbocycles. The average Bonchev–Trinajstić information content (AvgIpc) is 3.85. The molecule has 1 fully saturated rings. The summed E-state index contributed by atoms with van der Waals surface area (Å²) in [6, 6.07) is 28.5. The van der Waals surface area contributed by atoms with Gasteiger partial charge in [-0.25, -0.2) is 9.59 Å². The first-order chi connectivity index (χ1) is 25.6. The molecule has 53 heavy (non-hydrogen) atoms. The highest BCUT2D eigenvalue weighted by molar-refractivity contribution is 7.80. The number of anilines is 3. The van der Waals surface area contributed by atoms with Crippen LogP contribution in [0.4, 0.5) is 17.1 Å². The standard InChI is InChI=1S/C39H29N5O6S3/c1-3-42-35(45)31(36(46)43(4-2)39(42)51)21-28-17-20-32(52-28)30-19-18-29(33-34(30)41-53-40-33)22-5-11-25(12-6-22)44(26-13-7-23(8-14-26)37(47)48)27-15-9-24(10-16-27)38(49)50/h5-21H,3-4H2,1-2H3,(H,47,48)(H,49,50). The summed E-state index contributed by atoms with van der Waals surface area (Å²) < 4.78 is 9.28. The summed E-state index contributed by atoms with van der Waals surface area (Å²) in [6.45, 7) is 4.37. The fourth-order valence-electron chi connectivity index (χ4n) is 6.14. The van der Waals surface area contributed by atoms with Gasteiger partial charge in [-0.1, -0.05) is 24.3 Å². The highest BCUT2D eigenvalue weighted by Crippen LogP contribution is 2.40. The molecule has 14 heteroatoms. The largest absolute Gasteiger partial charge is 0.478 e. The number of aromatic nitrogens is 2. The minimum absolute atomic E-state index is 0.0723. The highest BCUT2D eigenvalue weighted by Gasteiger charge is 2.38. The smallest absolute Gasteiger partial charge is 0.335 e. The van der Waals surface area contributed by atoms with Gasteiger partial charge in [0.2, 0.25) is 0 Å². The van der Waals surface area contributed by atoms with Gasteiger partial charge in [0.1, 0.15) is 16.6 Å². The first-order valence-electron chi connectivity index (χ1n) is 16.4. The molecule has 6 aromatic rings. The number of benzene rings is 4. The lowest BCUT2D eigenvalue weighted by molar-refractivity contribution is -0.133. The molecule has 2 amide bonds. The van der Waals surface area contributed by atoms with Crippen LogP contribution in [-0.2, 0) is 9.59 Å². The number of thiophene rings is 1. The molecule has 1 aliphatic rings. The monoisotopic (exact) mass is 759 g/mol.